The van der Waals surface area contributed by atoms with Crippen LogP contribution in [0.5, 0.6) is 0 Å². The van der Waals surface area contributed by atoms with Crippen molar-refractivity contribution in [2.24, 2.45) is 0 Å². The Labute approximate surface area is 185 Å². The molecule has 166 valence electrons. The van der Waals surface area contributed by atoms with Gasteiger partial charge >= 0.3 is 6.09 Å². The predicted octanol–water partition coefficient (Wildman–Crippen LogP) is 3.99. The highest BCUT2D eigenvalue weighted by Crippen LogP contribution is 2.46. The van der Waals surface area contributed by atoms with Crippen LogP contribution in [0.1, 0.15) is 36.0 Å². The van der Waals surface area contributed by atoms with E-state index in [1.807, 2.05) is 0 Å². The lowest BCUT2D eigenvalue weighted by atomic mass is 9.74. The molecule has 2 heterocycles. The molecule has 0 radical (unpaired) electrons. The first-order valence-electron chi connectivity index (χ1n) is 11.1. The summed E-state index contributed by atoms with van der Waals surface area (Å²) in [6.07, 6.45) is 4.58. The van der Waals surface area contributed by atoms with Crippen LogP contribution in [0, 0.1) is 5.82 Å². The minimum Gasteiger partial charge on any atom is -0.465 e. The van der Waals surface area contributed by atoms with Crippen LogP contribution < -0.4 is 5.32 Å². The Balaban J connectivity index is 1.33. The quantitative estimate of drug-likeness (QED) is 0.579. The van der Waals surface area contributed by atoms with Gasteiger partial charge in [0.1, 0.15) is 11.9 Å². The number of H-pyrrole nitrogens is 1. The van der Waals surface area contributed by atoms with Gasteiger partial charge in [0.05, 0.1) is 0 Å². The van der Waals surface area contributed by atoms with Crippen molar-refractivity contribution in [3.63, 3.8) is 0 Å². The van der Waals surface area contributed by atoms with Gasteiger partial charge in [-0.25, -0.2) is 9.18 Å². The zero-order valence-corrected chi connectivity index (χ0v) is 17.7. The number of hydrogen-bond donors (Lipinski definition) is 3. The molecule has 1 aliphatic carbocycles. The molecule has 6 nitrogen and oxygen atoms in total. The molecule has 2 amide bonds. The lowest BCUT2D eigenvalue weighted by Crippen LogP contribution is -2.53. The molecule has 5 rings (SSSR count). The average Bonchev–Trinajstić information content (AvgIpc) is 3.35. The Morgan fingerprint density at radius 3 is 2.72 bits per heavy atom. The number of amides is 2. The van der Waals surface area contributed by atoms with Crippen molar-refractivity contribution in [1.29, 1.82) is 0 Å². The molecule has 2 aliphatic rings. The topological polar surface area (TPSA) is 85.4 Å². The summed E-state index contributed by atoms with van der Waals surface area (Å²) >= 11 is 0. The number of hydrogen-bond acceptors (Lipinski definition) is 2. The molecule has 1 saturated heterocycles. The largest absolute Gasteiger partial charge is 0.465 e. The molecule has 0 saturated carbocycles. The van der Waals surface area contributed by atoms with Crippen LogP contribution >= 0.6 is 0 Å². The molecule has 32 heavy (non-hydrogen) atoms. The van der Waals surface area contributed by atoms with Gasteiger partial charge in [0.15, 0.2) is 0 Å². The van der Waals surface area contributed by atoms with E-state index in [9.17, 15) is 19.1 Å². The number of likely N-dealkylation sites (tertiary alicyclic amines) is 1. The van der Waals surface area contributed by atoms with Gasteiger partial charge in [-0.3, -0.25) is 4.79 Å². The van der Waals surface area contributed by atoms with Crippen LogP contribution in [0.25, 0.3) is 10.9 Å². The molecular weight excluding hydrogens is 409 g/mol. The van der Waals surface area contributed by atoms with E-state index in [-0.39, 0.29) is 23.6 Å². The van der Waals surface area contributed by atoms with E-state index >= 15 is 0 Å². The van der Waals surface area contributed by atoms with E-state index in [1.165, 1.54) is 23.3 Å². The van der Waals surface area contributed by atoms with Crippen molar-refractivity contribution in [2.45, 2.75) is 43.6 Å². The number of nitrogens with zero attached hydrogens (tertiary/aromatic N) is 1. The van der Waals surface area contributed by atoms with Crippen LogP contribution in [-0.2, 0) is 23.1 Å². The van der Waals surface area contributed by atoms with Crippen LogP contribution in [0.15, 0.2) is 48.7 Å². The summed E-state index contributed by atoms with van der Waals surface area (Å²) in [6, 6.07) is 12.1. The highest BCUT2D eigenvalue weighted by molar-refractivity contribution is 5.88. The third-order valence-corrected chi connectivity index (χ3v) is 7.24. The second-order valence-corrected chi connectivity index (χ2v) is 8.97. The molecule has 1 aromatic heterocycles. The van der Waals surface area contributed by atoms with Gasteiger partial charge in [0.2, 0.25) is 5.91 Å². The summed E-state index contributed by atoms with van der Waals surface area (Å²) in [6.45, 7) is 1.21. The number of rotatable bonds is 4. The fourth-order valence-corrected chi connectivity index (χ4v) is 5.55. The normalized spacial score (nSPS) is 18.0. The summed E-state index contributed by atoms with van der Waals surface area (Å²) < 4.78 is 13.7. The Hall–Kier alpha value is -3.35. The summed E-state index contributed by atoms with van der Waals surface area (Å²) in [7, 11) is 0. The minimum absolute atomic E-state index is 0.122. The van der Waals surface area contributed by atoms with Gasteiger partial charge in [0, 0.05) is 36.6 Å². The zero-order chi connectivity index (χ0) is 22.3. The molecule has 1 aliphatic heterocycles. The van der Waals surface area contributed by atoms with E-state index in [0.29, 0.717) is 24.0 Å². The standard InChI is InChI=1S/C25H26FN3O3/c26-18-5-6-21-19(14-18)17(15-27-21)13-22(28-24(31)32)23(30)29-11-9-25(10-12-29)8-7-16-3-1-2-4-20(16)25/h1-6,14-15,22,27-28H,7-13H2,(H,31,32)/t22-/m1/s1. The fraction of sp³-hybridized carbons (Fsp3) is 0.360. The lowest BCUT2D eigenvalue weighted by molar-refractivity contribution is -0.135. The molecular formula is C25H26FN3O3. The Morgan fingerprint density at radius 2 is 1.94 bits per heavy atom. The van der Waals surface area contributed by atoms with Gasteiger partial charge < -0.3 is 20.3 Å². The number of aromatic amines is 1. The summed E-state index contributed by atoms with van der Waals surface area (Å²) in [5.74, 6) is -0.593. The van der Waals surface area contributed by atoms with Crippen LogP contribution in [0.2, 0.25) is 0 Å². The SMILES string of the molecule is O=C(O)N[C@H](Cc1c[nH]c2ccc(F)cc12)C(=O)N1CCC2(CCc3ccccc32)CC1. The van der Waals surface area contributed by atoms with E-state index in [1.54, 1.807) is 17.2 Å². The maximum atomic E-state index is 13.7. The molecule has 0 bridgehead atoms. The number of carbonyl (C=O) groups excluding carboxylic acids is 1. The maximum Gasteiger partial charge on any atom is 0.405 e. The Morgan fingerprint density at radius 1 is 1.16 bits per heavy atom. The monoisotopic (exact) mass is 435 g/mol. The average molecular weight is 435 g/mol. The van der Waals surface area contributed by atoms with E-state index in [2.05, 4.69) is 34.6 Å². The maximum absolute atomic E-state index is 13.7. The highest BCUT2D eigenvalue weighted by atomic mass is 19.1. The van der Waals surface area contributed by atoms with Crippen LogP contribution in [0.4, 0.5) is 9.18 Å². The first-order valence-corrected chi connectivity index (χ1v) is 11.1. The van der Waals surface area contributed by atoms with E-state index in [4.69, 9.17) is 0 Å². The van der Waals surface area contributed by atoms with Crippen molar-refractivity contribution in [3.8, 4) is 0 Å². The van der Waals surface area contributed by atoms with Crippen molar-refractivity contribution in [3.05, 3.63) is 71.2 Å². The zero-order valence-electron chi connectivity index (χ0n) is 17.7. The van der Waals surface area contributed by atoms with E-state index < -0.39 is 12.1 Å². The van der Waals surface area contributed by atoms with Crippen LogP contribution in [0.3, 0.4) is 0 Å². The minimum atomic E-state index is -1.24. The highest BCUT2D eigenvalue weighted by Gasteiger charge is 2.42. The predicted molar refractivity (Wildman–Crippen MR) is 119 cm³/mol. The summed E-state index contributed by atoms with van der Waals surface area (Å²) in [5.41, 5.74) is 4.40. The lowest BCUT2D eigenvalue weighted by Gasteiger charge is -2.41. The molecule has 7 heteroatoms. The smallest absolute Gasteiger partial charge is 0.405 e. The fourth-order valence-electron chi connectivity index (χ4n) is 5.55. The van der Waals surface area contributed by atoms with Crippen molar-refractivity contribution in [1.82, 2.24) is 15.2 Å². The number of piperidine rings is 1. The third kappa shape index (κ3) is 3.61. The first kappa shape index (κ1) is 20.5. The van der Waals surface area contributed by atoms with Crippen molar-refractivity contribution in [2.75, 3.05) is 13.1 Å². The second-order valence-electron chi connectivity index (χ2n) is 8.97. The first-order chi connectivity index (χ1) is 15.4. The third-order valence-electron chi connectivity index (χ3n) is 7.24. The molecule has 1 spiro atoms. The van der Waals surface area contributed by atoms with Crippen molar-refractivity contribution < 1.29 is 19.1 Å². The molecule has 0 unspecified atom stereocenters. The van der Waals surface area contributed by atoms with Crippen molar-refractivity contribution >= 4 is 22.9 Å². The molecule has 3 aromatic rings. The molecule has 2 aromatic carbocycles. The summed E-state index contributed by atoms with van der Waals surface area (Å²) in [5, 5.41) is 12.4. The number of halogens is 1. The number of carboxylic acid groups (broad SMARTS) is 1. The van der Waals surface area contributed by atoms with Crippen LogP contribution in [-0.4, -0.2) is 46.1 Å². The number of fused-ring (bicyclic) bond motifs is 3. The molecule has 3 N–H and O–H groups in total. The number of benzene rings is 2. The van der Waals surface area contributed by atoms with Gasteiger partial charge in [-0.1, -0.05) is 24.3 Å². The van der Waals surface area contributed by atoms with Gasteiger partial charge in [-0.2, -0.15) is 0 Å². The number of aryl methyl sites for hydroxylation is 1. The van der Waals surface area contributed by atoms with Gasteiger partial charge in [-0.05, 0) is 66.0 Å². The number of aromatic nitrogens is 1. The number of carbonyl (C=O) groups is 2. The Kier molecular flexibility index (Phi) is 5.12. The van der Waals surface area contributed by atoms with E-state index in [0.717, 1.165) is 31.2 Å². The Bertz CT molecular complexity index is 1180. The van der Waals surface area contributed by atoms with Gasteiger partial charge in [-0.15, -0.1) is 0 Å². The molecule has 1 fully saturated rings. The number of nitrogens with one attached hydrogen (secondary N) is 2. The molecule has 1 atom stereocenters. The second kappa shape index (κ2) is 7.97. The van der Waals surface area contributed by atoms with Gasteiger partial charge in [0.25, 0.3) is 0 Å². The summed E-state index contributed by atoms with van der Waals surface area (Å²) in [4.78, 5) is 29.6.